The van der Waals surface area contributed by atoms with Crippen molar-refractivity contribution in [2.75, 3.05) is 26.3 Å². The molecule has 1 aliphatic rings. The molecule has 2 aromatic carbocycles. The van der Waals surface area contributed by atoms with Gasteiger partial charge in [0.25, 0.3) is 0 Å². The van der Waals surface area contributed by atoms with Gasteiger partial charge in [-0.25, -0.2) is 17.8 Å². The largest absolute Gasteiger partial charge is 0.382 e. The number of imidazole rings is 1. The average Bonchev–Trinajstić information content (AvgIpc) is 3.18. The number of sulfonamides is 1. The van der Waals surface area contributed by atoms with Gasteiger partial charge in [-0.3, -0.25) is 0 Å². The van der Waals surface area contributed by atoms with Gasteiger partial charge in [-0.15, -0.1) is 0 Å². The molecule has 1 fully saturated rings. The van der Waals surface area contributed by atoms with Crippen LogP contribution in [0.25, 0.3) is 11.0 Å². The third kappa shape index (κ3) is 5.64. The summed E-state index contributed by atoms with van der Waals surface area (Å²) in [7, 11) is -3.57. The second kappa shape index (κ2) is 11.2. The van der Waals surface area contributed by atoms with Gasteiger partial charge < -0.3 is 9.30 Å². The summed E-state index contributed by atoms with van der Waals surface area (Å²) in [6, 6.07) is 11.9. The Morgan fingerprint density at radius 1 is 1.24 bits per heavy atom. The summed E-state index contributed by atoms with van der Waals surface area (Å²) in [5.74, 6) is 0.564. The van der Waals surface area contributed by atoms with E-state index in [1.54, 1.807) is 28.6 Å². The van der Waals surface area contributed by atoms with Crippen LogP contribution in [0.1, 0.15) is 38.7 Å². The summed E-state index contributed by atoms with van der Waals surface area (Å²) >= 11 is 1.46. The van der Waals surface area contributed by atoms with Gasteiger partial charge in [-0.1, -0.05) is 36.9 Å². The van der Waals surface area contributed by atoms with Crippen LogP contribution in [-0.4, -0.2) is 48.6 Å². The molecule has 1 aromatic heterocycles. The van der Waals surface area contributed by atoms with Crippen molar-refractivity contribution in [1.82, 2.24) is 13.9 Å². The number of rotatable bonds is 10. The lowest BCUT2D eigenvalue weighted by atomic mass is 10.0. The second-order valence-corrected chi connectivity index (χ2v) is 11.6. The fourth-order valence-corrected chi connectivity index (χ4v) is 6.96. The van der Waals surface area contributed by atoms with Crippen molar-refractivity contribution in [1.29, 1.82) is 0 Å². The molecule has 0 N–H and O–H groups in total. The summed E-state index contributed by atoms with van der Waals surface area (Å²) in [4.78, 5) is 5.05. The van der Waals surface area contributed by atoms with E-state index < -0.39 is 10.0 Å². The van der Waals surface area contributed by atoms with E-state index in [4.69, 9.17) is 9.72 Å². The summed E-state index contributed by atoms with van der Waals surface area (Å²) in [5, 5.41) is 0.746. The normalized spacial score (nSPS) is 17.4. The molecule has 0 saturated carbocycles. The highest BCUT2D eigenvalue weighted by Gasteiger charge is 2.29. The minimum atomic E-state index is -3.57. The molecule has 1 aliphatic heterocycles. The molecule has 0 bridgehead atoms. The smallest absolute Gasteiger partial charge is 0.243 e. The number of ether oxygens (including phenoxy) is 1. The molecule has 2 heterocycles. The Balaban J connectivity index is 1.64. The van der Waals surface area contributed by atoms with Crippen LogP contribution >= 0.6 is 11.8 Å². The van der Waals surface area contributed by atoms with Gasteiger partial charge in [0.15, 0.2) is 5.16 Å². The fourth-order valence-electron chi connectivity index (χ4n) is 4.31. The number of halogens is 1. The lowest BCUT2D eigenvalue weighted by Gasteiger charge is -2.30. The van der Waals surface area contributed by atoms with Crippen LogP contribution in [0.5, 0.6) is 0 Å². The maximum Gasteiger partial charge on any atom is 0.243 e. The third-order valence-electron chi connectivity index (χ3n) is 6.13. The molecule has 3 aromatic rings. The van der Waals surface area contributed by atoms with E-state index in [9.17, 15) is 12.8 Å². The number of benzene rings is 2. The Kier molecular flexibility index (Phi) is 8.29. The molecule has 6 nitrogen and oxygen atoms in total. The highest BCUT2D eigenvalue weighted by Crippen LogP contribution is 2.31. The Morgan fingerprint density at radius 2 is 2.06 bits per heavy atom. The van der Waals surface area contributed by atoms with Crippen molar-refractivity contribution in [2.24, 2.45) is 5.92 Å². The monoisotopic (exact) mass is 505 g/mol. The fraction of sp³-hybridized carbons (Fsp3) is 0.480. The Hall–Kier alpha value is -1.94. The van der Waals surface area contributed by atoms with E-state index in [0.29, 0.717) is 55.6 Å². The first kappa shape index (κ1) is 25.2. The van der Waals surface area contributed by atoms with Crippen LogP contribution in [0.3, 0.4) is 0 Å². The Bertz CT molecular complexity index is 1230. The molecule has 184 valence electrons. The van der Waals surface area contributed by atoms with Gasteiger partial charge in [-0.2, -0.15) is 4.31 Å². The van der Waals surface area contributed by atoms with Crippen LogP contribution in [0.2, 0.25) is 0 Å². The number of hydrogen-bond donors (Lipinski definition) is 0. The van der Waals surface area contributed by atoms with Gasteiger partial charge in [0.05, 0.1) is 15.9 Å². The zero-order valence-corrected chi connectivity index (χ0v) is 21.4. The van der Waals surface area contributed by atoms with Crippen LogP contribution < -0.4 is 0 Å². The number of nitrogens with zero attached hydrogens (tertiary/aromatic N) is 3. The Morgan fingerprint density at radius 3 is 2.82 bits per heavy atom. The van der Waals surface area contributed by atoms with E-state index in [0.717, 1.165) is 29.9 Å². The summed E-state index contributed by atoms with van der Waals surface area (Å²) < 4.78 is 49.9. The van der Waals surface area contributed by atoms with Crippen LogP contribution in [-0.2, 0) is 27.1 Å². The zero-order chi connectivity index (χ0) is 24.1. The topological polar surface area (TPSA) is 64.4 Å². The van der Waals surface area contributed by atoms with Crippen molar-refractivity contribution < 1.29 is 17.5 Å². The molecule has 0 radical (unpaired) electrons. The molecule has 4 rings (SSSR count). The van der Waals surface area contributed by atoms with Crippen LogP contribution in [0.4, 0.5) is 4.39 Å². The van der Waals surface area contributed by atoms with E-state index >= 15 is 0 Å². The standard InChI is InChI=1S/C25H32FN3O3S2/c1-3-32-15-7-14-29-24-12-11-21(34(30,31)28-13-6-8-19(2)17-28)16-23(24)27-25(29)33-18-20-9-4-5-10-22(20)26/h4-5,9-12,16,19H,3,6-8,13-15,17-18H2,1-2H3/t19-/m1/s1. The highest BCUT2D eigenvalue weighted by atomic mass is 32.2. The first-order valence-corrected chi connectivity index (χ1v) is 14.3. The summed E-state index contributed by atoms with van der Waals surface area (Å²) in [6.45, 7) is 7.15. The third-order valence-corrected chi connectivity index (χ3v) is 9.02. The average molecular weight is 506 g/mol. The molecule has 34 heavy (non-hydrogen) atoms. The van der Waals surface area contributed by atoms with E-state index in [2.05, 4.69) is 11.5 Å². The number of aromatic nitrogens is 2. The summed E-state index contributed by atoms with van der Waals surface area (Å²) in [5.41, 5.74) is 2.12. The molecule has 1 atom stereocenters. The molecule has 0 amide bonds. The maximum absolute atomic E-state index is 14.1. The zero-order valence-electron chi connectivity index (χ0n) is 19.7. The SMILES string of the molecule is CCOCCCn1c(SCc2ccccc2F)nc2cc(S(=O)(=O)N3CCC[C@@H](C)C3)ccc21. The molecule has 0 aliphatic carbocycles. The molecular formula is C25H32FN3O3S2. The number of piperidine rings is 1. The first-order valence-electron chi connectivity index (χ1n) is 11.8. The second-order valence-electron chi connectivity index (χ2n) is 8.74. The minimum Gasteiger partial charge on any atom is -0.382 e. The molecule has 0 spiro atoms. The summed E-state index contributed by atoms with van der Waals surface area (Å²) in [6.07, 6.45) is 2.74. The quantitative estimate of drug-likeness (QED) is 0.276. The van der Waals surface area contributed by atoms with Gasteiger partial charge >= 0.3 is 0 Å². The van der Waals surface area contributed by atoms with E-state index in [-0.39, 0.29) is 10.7 Å². The maximum atomic E-state index is 14.1. The van der Waals surface area contributed by atoms with Gasteiger partial charge in [-0.05, 0) is 61.9 Å². The van der Waals surface area contributed by atoms with Gasteiger partial charge in [0, 0.05) is 38.6 Å². The van der Waals surface area contributed by atoms with Crippen molar-refractivity contribution in [3.8, 4) is 0 Å². The van der Waals surface area contributed by atoms with Gasteiger partial charge in [0.1, 0.15) is 5.82 Å². The lowest BCUT2D eigenvalue weighted by Crippen LogP contribution is -2.39. The number of fused-ring (bicyclic) bond motifs is 1. The van der Waals surface area contributed by atoms with Crippen LogP contribution in [0, 0.1) is 11.7 Å². The van der Waals surface area contributed by atoms with Crippen molar-refractivity contribution in [3.05, 3.63) is 53.8 Å². The number of aryl methyl sites for hydroxylation is 1. The van der Waals surface area contributed by atoms with Crippen molar-refractivity contribution in [3.63, 3.8) is 0 Å². The number of hydrogen-bond acceptors (Lipinski definition) is 5. The van der Waals surface area contributed by atoms with E-state index in [1.165, 1.54) is 17.8 Å². The predicted molar refractivity (Wildman–Crippen MR) is 134 cm³/mol. The molecule has 1 saturated heterocycles. The number of thioether (sulfide) groups is 1. The molecule has 9 heteroatoms. The van der Waals surface area contributed by atoms with E-state index in [1.807, 2.05) is 19.1 Å². The molecular weight excluding hydrogens is 473 g/mol. The Labute approximate surface area is 205 Å². The van der Waals surface area contributed by atoms with Crippen molar-refractivity contribution >= 4 is 32.8 Å². The highest BCUT2D eigenvalue weighted by molar-refractivity contribution is 7.98. The molecule has 0 unspecified atom stereocenters. The van der Waals surface area contributed by atoms with Crippen LogP contribution in [0.15, 0.2) is 52.5 Å². The minimum absolute atomic E-state index is 0.238. The predicted octanol–water partition coefficient (Wildman–Crippen LogP) is 5.31. The first-order chi connectivity index (χ1) is 16.4. The lowest BCUT2D eigenvalue weighted by molar-refractivity contribution is 0.141. The van der Waals surface area contributed by atoms with Crippen molar-refractivity contribution in [2.45, 2.75) is 55.5 Å². The van der Waals surface area contributed by atoms with Gasteiger partial charge in [0.2, 0.25) is 10.0 Å².